The largest absolute Gasteiger partial charge is 0.390 e. The van der Waals surface area contributed by atoms with E-state index in [1.165, 1.54) is 0 Å². The Balaban J connectivity index is 3.07. The third kappa shape index (κ3) is 3.01. The molecule has 100 valence electrons. The first-order valence-electron chi connectivity index (χ1n) is 5.86. The molecule has 0 aliphatic rings. The third-order valence-electron chi connectivity index (χ3n) is 2.36. The fourth-order valence-corrected chi connectivity index (χ4v) is 2.59. The van der Waals surface area contributed by atoms with Gasteiger partial charge in [0.05, 0.1) is 15.4 Å². The Hall–Kier alpha value is -1.56. The number of nitrogens with one attached hydrogen (secondary N) is 2. The van der Waals surface area contributed by atoms with Gasteiger partial charge in [-0.3, -0.25) is 9.59 Å². The Labute approximate surface area is 111 Å². The molecule has 0 aliphatic carbocycles. The Morgan fingerprint density at radius 1 is 1.33 bits per heavy atom. The van der Waals surface area contributed by atoms with E-state index in [0.29, 0.717) is 27.5 Å². The maximum atomic E-state index is 11.9. The molecule has 1 aromatic heterocycles. The lowest BCUT2D eigenvalue weighted by atomic mass is 10.1. The fraction of sp³-hybridized carbons (Fsp3) is 0.500. The van der Waals surface area contributed by atoms with E-state index in [4.69, 9.17) is 5.73 Å². The van der Waals surface area contributed by atoms with E-state index < -0.39 is 0 Å². The molecule has 0 saturated carbocycles. The Morgan fingerprint density at radius 2 is 1.94 bits per heavy atom. The zero-order valence-corrected chi connectivity index (χ0v) is 11.9. The number of amides is 2. The number of nitrogens with two attached hydrogens (primary N) is 1. The first kappa shape index (κ1) is 14.5. The van der Waals surface area contributed by atoms with Gasteiger partial charge in [0.25, 0.3) is 11.8 Å². The minimum Gasteiger partial charge on any atom is -0.390 e. The van der Waals surface area contributed by atoms with Gasteiger partial charge >= 0.3 is 0 Å². The fourth-order valence-electron chi connectivity index (χ4n) is 1.61. The zero-order valence-electron chi connectivity index (χ0n) is 11.1. The second kappa shape index (κ2) is 5.86. The van der Waals surface area contributed by atoms with Gasteiger partial charge in [-0.05, 0) is 33.3 Å². The average Bonchev–Trinajstić information content (AvgIpc) is 2.53. The van der Waals surface area contributed by atoms with Gasteiger partial charge in [-0.25, -0.2) is 0 Å². The van der Waals surface area contributed by atoms with E-state index in [0.717, 1.165) is 11.3 Å². The molecule has 0 atom stereocenters. The lowest BCUT2D eigenvalue weighted by molar-refractivity contribution is 0.0946. The minimum atomic E-state index is -0.229. The average molecular weight is 269 g/mol. The van der Waals surface area contributed by atoms with Crippen LogP contribution in [0.2, 0.25) is 0 Å². The third-order valence-corrected chi connectivity index (χ3v) is 3.48. The van der Waals surface area contributed by atoms with Crippen molar-refractivity contribution >= 4 is 28.2 Å². The van der Waals surface area contributed by atoms with Crippen molar-refractivity contribution in [2.45, 2.75) is 33.7 Å². The summed E-state index contributed by atoms with van der Waals surface area (Å²) >= 11 is 1.15. The van der Waals surface area contributed by atoms with Crippen molar-refractivity contribution in [2.75, 3.05) is 12.3 Å². The summed E-state index contributed by atoms with van der Waals surface area (Å²) in [5, 5.41) is 5.87. The van der Waals surface area contributed by atoms with Crippen LogP contribution >= 0.6 is 11.3 Å². The summed E-state index contributed by atoms with van der Waals surface area (Å²) < 4.78 is 0. The monoisotopic (exact) mass is 269 g/mol. The molecule has 0 aliphatic heterocycles. The highest BCUT2D eigenvalue weighted by molar-refractivity contribution is 7.18. The molecular formula is C12H19N3O2S. The van der Waals surface area contributed by atoms with Gasteiger partial charge in [-0.1, -0.05) is 0 Å². The highest BCUT2D eigenvalue weighted by Gasteiger charge is 2.22. The highest BCUT2D eigenvalue weighted by Crippen LogP contribution is 2.30. The lowest BCUT2D eigenvalue weighted by Crippen LogP contribution is -2.30. The molecule has 2 amide bonds. The summed E-state index contributed by atoms with van der Waals surface area (Å²) in [4.78, 5) is 24.3. The molecule has 0 radical (unpaired) electrons. The van der Waals surface area contributed by atoms with E-state index in [1.54, 1.807) is 6.92 Å². The molecule has 0 spiro atoms. The molecule has 0 fully saturated rings. The van der Waals surface area contributed by atoms with Crippen molar-refractivity contribution in [2.24, 2.45) is 0 Å². The highest BCUT2D eigenvalue weighted by atomic mass is 32.1. The maximum Gasteiger partial charge on any atom is 0.261 e. The van der Waals surface area contributed by atoms with E-state index >= 15 is 0 Å². The van der Waals surface area contributed by atoms with Gasteiger partial charge in [0.2, 0.25) is 0 Å². The number of anilines is 1. The zero-order chi connectivity index (χ0) is 13.9. The number of hydrogen-bond acceptors (Lipinski definition) is 4. The summed E-state index contributed by atoms with van der Waals surface area (Å²) in [6.45, 7) is 7.87. The molecule has 1 rings (SSSR count). The summed E-state index contributed by atoms with van der Waals surface area (Å²) in [5.41, 5.74) is 6.87. The SMILES string of the molecule is CCNC(=O)c1c(N)sc(C(=O)NC(C)C)c1C. The first-order valence-corrected chi connectivity index (χ1v) is 6.68. The number of hydrogen-bond donors (Lipinski definition) is 3. The van der Waals surface area contributed by atoms with E-state index in [-0.39, 0.29) is 17.9 Å². The number of nitrogen functional groups attached to an aromatic ring is 1. The number of carbonyl (C=O) groups excluding carboxylic acids is 2. The van der Waals surface area contributed by atoms with Crippen molar-refractivity contribution in [1.82, 2.24) is 10.6 Å². The van der Waals surface area contributed by atoms with E-state index in [1.807, 2.05) is 20.8 Å². The molecule has 1 aromatic rings. The van der Waals surface area contributed by atoms with Crippen LogP contribution in [0.15, 0.2) is 0 Å². The second-order valence-corrected chi connectivity index (χ2v) is 5.34. The van der Waals surface area contributed by atoms with Crippen molar-refractivity contribution in [3.05, 3.63) is 16.0 Å². The van der Waals surface area contributed by atoms with Crippen LogP contribution in [-0.4, -0.2) is 24.4 Å². The molecular weight excluding hydrogens is 250 g/mol. The van der Waals surface area contributed by atoms with E-state index in [9.17, 15) is 9.59 Å². The normalized spacial score (nSPS) is 10.5. The van der Waals surface area contributed by atoms with Crippen LogP contribution in [0.25, 0.3) is 0 Å². The molecule has 0 unspecified atom stereocenters. The molecule has 0 saturated heterocycles. The van der Waals surface area contributed by atoms with Crippen molar-refractivity contribution < 1.29 is 9.59 Å². The summed E-state index contributed by atoms with van der Waals surface area (Å²) in [7, 11) is 0. The first-order chi connectivity index (χ1) is 8.38. The van der Waals surface area contributed by atoms with Crippen LogP contribution in [0.3, 0.4) is 0 Å². The molecule has 6 heteroatoms. The van der Waals surface area contributed by atoms with Gasteiger partial charge in [0.15, 0.2) is 0 Å². The van der Waals surface area contributed by atoms with Crippen molar-refractivity contribution in [3.8, 4) is 0 Å². The van der Waals surface area contributed by atoms with Crippen LogP contribution in [0.1, 0.15) is 46.4 Å². The van der Waals surface area contributed by atoms with Crippen molar-refractivity contribution in [3.63, 3.8) is 0 Å². The number of rotatable bonds is 4. The number of carbonyl (C=O) groups is 2. The van der Waals surface area contributed by atoms with Gasteiger partial charge in [0.1, 0.15) is 0 Å². The summed E-state index contributed by atoms with van der Waals surface area (Å²) in [6, 6.07) is 0.0492. The molecule has 5 nitrogen and oxygen atoms in total. The standard InChI is InChI=1S/C12H19N3O2S/c1-5-14-11(16)8-7(4)9(18-10(8)13)12(17)15-6(2)3/h6H,5,13H2,1-4H3,(H,14,16)(H,15,17). The second-order valence-electron chi connectivity index (χ2n) is 4.28. The summed E-state index contributed by atoms with van der Waals surface area (Å²) in [6.07, 6.45) is 0. The number of thiophene rings is 1. The smallest absolute Gasteiger partial charge is 0.261 e. The van der Waals surface area contributed by atoms with E-state index in [2.05, 4.69) is 10.6 Å². The van der Waals surface area contributed by atoms with Crippen LogP contribution in [0, 0.1) is 6.92 Å². The topological polar surface area (TPSA) is 84.2 Å². The van der Waals surface area contributed by atoms with Crippen molar-refractivity contribution in [1.29, 1.82) is 0 Å². The van der Waals surface area contributed by atoms with Crippen LogP contribution in [0.4, 0.5) is 5.00 Å². The molecule has 0 aromatic carbocycles. The van der Waals surface area contributed by atoms with Crippen LogP contribution in [-0.2, 0) is 0 Å². The van der Waals surface area contributed by atoms with Gasteiger partial charge in [0, 0.05) is 12.6 Å². The Bertz CT molecular complexity index is 466. The van der Waals surface area contributed by atoms with Gasteiger partial charge < -0.3 is 16.4 Å². The van der Waals surface area contributed by atoms with Gasteiger partial charge in [-0.15, -0.1) is 11.3 Å². The van der Waals surface area contributed by atoms with Gasteiger partial charge in [-0.2, -0.15) is 0 Å². The molecule has 18 heavy (non-hydrogen) atoms. The Morgan fingerprint density at radius 3 is 2.44 bits per heavy atom. The minimum absolute atomic E-state index is 0.0492. The molecule has 1 heterocycles. The predicted molar refractivity (Wildman–Crippen MR) is 74.1 cm³/mol. The quantitative estimate of drug-likeness (QED) is 0.775. The van der Waals surface area contributed by atoms with Crippen LogP contribution < -0.4 is 16.4 Å². The predicted octanol–water partition coefficient (Wildman–Crippen LogP) is 1.53. The molecule has 0 bridgehead atoms. The summed E-state index contributed by atoms with van der Waals surface area (Å²) in [5.74, 6) is -0.415. The lowest BCUT2D eigenvalue weighted by Gasteiger charge is -2.07. The van der Waals surface area contributed by atoms with Crippen LogP contribution in [0.5, 0.6) is 0 Å². The Kier molecular flexibility index (Phi) is 4.72. The maximum absolute atomic E-state index is 11.9. The molecule has 4 N–H and O–H groups in total.